The molecule has 0 saturated heterocycles. The van der Waals surface area contributed by atoms with Gasteiger partial charge in [0.05, 0.1) is 21.3 Å². The topological polar surface area (TPSA) is 91.8 Å². The van der Waals surface area contributed by atoms with E-state index in [1.807, 2.05) is 18.2 Å². The van der Waals surface area contributed by atoms with Crippen molar-refractivity contribution in [1.29, 1.82) is 0 Å². The second kappa shape index (κ2) is 12.2. The first-order chi connectivity index (χ1) is 18.0. The maximum absolute atomic E-state index is 13.1. The van der Waals surface area contributed by atoms with Crippen LogP contribution in [0.2, 0.25) is 0 Å². The van der Waals surface area contributed by atoms with Gasteiger partial charge in [-0.05, 0) is 60.0 Å². The highest BCUT2D eigenvalue weighted by molar-refractivity contribution is 7.07. The minimum Gasteiger partial charge on any atom is -0.493 e. The van der Waals surface area contributed by atoms with Gasteiger partial charge < -0.3 is 24.3 Å². The number of aromatic nitrogens is 2. The molecule has 1 aromatic heterocycles. The minimum absolute atomic E-state index is 0.233. The van der Waals surface area contributed by atoms with E-state index in [2.05, 4.69) is 14.7 Å². The summed E-state index contributed by atoms with van der Waals surface area (Å²) in [5, 5.41) is 3.25. The maximum Gasteiger partial charge on any atom is 0.298 e. The Bertz CT molecular complexity index is 1360. The molecule has 0 spiro atoms. The Morgan fingerprint density at radius 1 is 0.865 bits per heavy atom. The second-order valence-corrected chi connectivity index (χ2v) is 8.66. The Balaban J connectivity index is 1.35. The van der Waals surface area contributed by atoms with Crippen LogP contribution >= 0.6 is 11.5 Å². The summed E-state index contributed by atoms with van der Waals surface area (Å²) in [6.07, 6.45) is 1.08. The summed E-state index contributed by atoms with van der Waals surface area (Å²) >= 11 is 1.10. The number of ether oxygens (including phenoxy) is 4. The van der Waals surface area contributed by atoms with Crippen molar-refractivity contribution in [2.75, 3.05) is 27.9 Å². The van der Waals surface area contributed by atoms with Crippen LogP contribution in [0.15, 0.2) is 60.7 Å². The maximum atomic E-state index is 13.1. The van der Waals surface area contributed by atoms with Crippen molar-refractivity contribution in [2.24, 2.45) is 0 Å². The van der Waals surface area contributed by atoms with Gasteiger partial charge >= 0.3 is 0 Å². The van der Waals surface area contributed by atoms with E-state index in [1.54, 1.807) is 44.6 Å². The van der Waals surface area contributed by atoms with Gasteiger partial charge in [0.25, 0.3) is 11.1 Å². The third-order valence-corrected chi connectivity index (χ3v) is 6.13. The number of hydrogen-bond donors (Lipinski definition) is 1. The van der Waals surface area contributed by atoms with E-state index in [0.717, 1.165) is 22.7 Å². The van der Waals surface area contributed by atoms with Crippen LogP contribution in [0.25, 0.3) is 0 Å². The molecule has 8 nitrogen and oxygen atoms in total. The molecule has 0 fully saturated rings. The first-order valence-corrected chi connectivity index (χ1v) is 12.2. The fourth-order valence-corrected chi connectivity index (χ4v) is 4.14. The Kier molecular flexibility index (Phi) is 8.52. The molecule has 0 bridgehead atoms. The van der Waals surface area contributed by atoms with E-state index in [9.17, 15) is 9.18 Å². The quantitative estimate of drug-likeness (QED) is 0.294. The van der Waals surface area contributed by atoms with Gasteiger partial charge in [-0.3, -0.25) is 4.79 Å². The van der Waals surface area contributed by atoms with Gasteiger partial charge in [0.2, 0.25) is 0 Å². The van der Waals surface area contributed by atoms with Crippen molar-refractivity contribution < 1.29 is 28.1 Å². The fraction of sp³-hybridized carbons (Fsp3) is 0.222. The lowest BCUT2D eigenvalue weighted by molar-refractivity contribution is 0.0953. The molecule has 0 unspecified atom stereocenters. The molecule has 0 radical (unpaired) electrons. The zero-order chi connectivity index (χ0) is 26.2. The van der Waals surface area contributed by atoms with Crippen molar-refractivity contribution in [3.63, 3.8) is 0 Å². The molecule has 1 heterocycles. The van der Waals surface area contributed by atoms with Crippen molar-refractivity contribution >= 4 is 17.4 Å². The normalized spacial score (nSPS) is 10.6. The van der Waals surface area contributed by atoms with Crippen LogP contribution in [0.4, 0.5) is 4.39 Å². The van der Waals surface area contributed by atoms with Crippen molar-refractivity contribution in [3.05, 3.63) is 89.0 Å². The third kappa shape index (κ3) is 6.73. The molecular weight excluding hydrogens is 497 g/mol. The average molecular weight is 524 g/mol. The molecule has 3 aromatic carbocycles. The molecule has 0 saturated carbocycles. The number of carbonyl (C=O) groups is 1. The number of methoxy groups -OCH3 is 3. The summed E-state index contributed by atoms with van der Waals surface area (Å²) in [6.45, 7) is 0.441. The lowest BCUT2D eigenvalue weighted by Gasteiger charge is -2.11. The molecule has 192 valence electrons. The van der Waals surface area contributed by atoms with E-state index in [1.165, 1.54) is 19.2 Å². The summed E-state index contributed by atoms with van der Waals surface area (Å²) in [6, 6.07) is 16.8. The SMILES string of the molecule is COc1ccc(CCNC(=O)c2ccc(Oc3nc(Cc4ccc(F)cc4)ns3)c(OC)c2)cc1OC. The standard InChI is InChI=1S/C27H26FN3O5S/c1-33-21-10-6-18(14-23(21)34-2)12-13-29-26(32)19-7-11-22(24(16-19)35-3)36-27-30-25(31-37-27)15-17-4-8-20(28)9-5-17/h4-11,14,16H,12-13,15H2,1-3H3,(H,29,32). The average Bonchev–Trinajstić information content (AvgIpc) is 3.36. The zero-order valence-corrected chi connectivity index (χ0v) is 21.4. The van der Waals surface area contributed by atoms with Crippen molar-refractivity contribution in [1.82, 2.24) is 14.7 Å². The van der Waals surface area contributed by atoms with E-state index in [0.29, 0.717) is 59.0 Å². The first kappa shape index (κ1) is 25.9. The summed E-state index contributed by atoms with van der Waals surface area (Å²) < 4.78 is 39.3. The van der Waals surface area contributed by atoms with Crippen LogP contribution < -0.4 is 24.3 Å². The molecule has 0 aliphatic rings. The summed E-state index contributed by atoms with van der Waals surface area (Å²) in [4.78, 5) is 17.1. The molecule has 0 atom stereocenters. The fourth-order valence-electron chi connectivity index (χ4n) is 3.58. The summed E-state index contributed by atoms with van der Waals surface area (Å²) in [5.41, 5.74) is 2.34. The Morgan fingerprint density at radius 3 is 2.27 bits per heavy atom. The molecule has 37 heavy (non-hydrogen) atoms. The van der Waals surface area contributed by atoms with E-state index in [4.69, 9.17) is 18.9 Å². The number of amides is 1. The van der Waals surface area contributed by atoms with Crippen LogP contribution in [0.1, 0.15) is 27.3 Å². The third-order valence-electron chi connectivity index (χ3n) is 5.50. The van der Waals surface area contributed by atoms with E-state index >= 15 is 0 Å². The molecule has 4 aromatic rings. The van der Waals surface area contributed by atoms with Crippen molar-refractivity contribution in [2.45, 2.75) is 12.8 Å². The summed E-state index contributed by atoms with van der Waals surface area (Å²) in [5.74, 6) is 2.14. The Morgan fingerprint density at radius 2 is 1.54 bits per heavy atom. The number of carbonyl (C=O) groups excluding carboxylic acids is 1. The van der Waals surface area contributed by atoms with Gasteiger partial charge in [0.15, 0.2) is 28.8 Å². The highest BCUT2D eigenvalue weighted by Crippen LogP contribution is 2.33. The van der Waals surface area contributed by atoms with Gasteiger partial charge in [-0.2, -0.15) is 9.36 Å². The first-order valence-electron chi connectivity index (χ1n) is 11.4. The van der Waals surface area contributed by atoms with Crippen LogP contribution in [-0.2, 0) is 12.8 Å². The Hall–Kier alpha value is -4.18. The number of rotatable bonds is 11. The predicted molar refractivity (Wildman–Crippen MR) is 138 cm³/mol. The highest BCUT2D eigenvalue weighted by Gasteiger charge is 2.14. The number of halogens is 1. The number of hydrogen-bond acceptors (Lipinski definition) is 8. The molecule has 1 N–H and O–H groups in total. The summed E-state index contributed by atoms with van der Waals surface area (Å²) in [7, 11) is 4.67. The monoisotopic (exact) mass is 523 g/mol. The molecule has 4 rings (SSSR count). The number of nitrogens with one attached hydrogen (secondary N) is 1. The van der Waals surface area contributed by atoms with Crippen LogP contribution in [0, 0.1) is 5.82 Å². The smallest absolute Gasteiger partial charge is 0.298 e. The minimum atomic E-state index is -0.291. The largest absolute Gasteiger partial charge is 0.493 e. The molecule has 1 amide bonds. The second-order valence-electron chi connectivity index (χ2n) is 7.94. The van der Waals surface area contributed by atoms with Gasteiger partial charge in [0, 0.05) is 30.1 Å². The van der Waals surface area contributed by atoms with Crippen LogP contribution in [0.5, 0.6) is 28.2 Å². The van der Waals surface area contributed by atoms with Crippen LogP contribution in [0.3, 0.4) is 0 Å². The van der Waals surface area contributed by atoms with E-state index in [-0.39, 0.29) is 11.7 Å². The molecule has 0 aliphatic heterocycles. The van der Waals surface area contributed by atoms with E-state index < -0.39 is 0 Å². The van der Waals surface area contributed by atoms with Gasteiger partial charge in [-0.15, -0.1) is 0 Å². The van der Waals surface area contributed by atoms with Crippen molar-refractivity contribution in [3.8, 4) is 28.2 Å². The van der Waals surface area contributed by atoms with Crippen LogP contribution in [-0.4, -0.2) is 43.1 Å². The predicted octanol–water partition coefficient (Wildman–Crippen LogP) is 5.06. The molecular formula is C27H26FN3O5S. The Labute approximate surface area is 218 Å². The zero-order valence-electron chi connectivity index (χ0n) is 20.6. The lowest BCUT2D eigenvalue weighted by atomic mass is 10.1. The van der Waals surface area contributed by atoms with Gasteiger partial charge in [0.1, 0.15) is 5.82 Å². The lowest BCUT2D eigenvalue weighted by Crippen LogP contribution is -2.25. The number of nitrogens with zero attached hydrogens (tertiary/aromatic N) is 2. The number of benzene rings is 3. The van der Waals surface area contributed by atoms with Gasteiger partial charge in [-0.25, -0.2) is 4.39 Å². The molecule has 10 heteroatoms. The highest BCUT2D eigenvalue weighted by atomic mass is 32.1. The van der Waals surface area contributed by atoms with Gasteiger partial charge in [-0.1, -0.05) is 18.2 Å². The molecule has 0 aliphatic carbocycles.